The zero-order chi connectivity index (χ0) is 13.4. The molecule has 0 saturated heterocycles. The van der Waals surface area contributed by atoms with E-state index in [0.29, 0.717) is 12.2 Å². The molecule has 0 N–H and O–H groups in total. The van der Waals surface area contributed by atoms with E-state index in [-0.39, 0.29) is 30.8 Å². The van der Waals surface area contributed by atoms with Crippen LogP contribution in [0.1, 0.15) is 25.7 Å². The van der Waals surface area contributed by atoms with Gasteiger partial charge in [0, 0.05) is 25.1 Å². The average Bonchev–Trinajstić information content (AvgIpc) is 3.08. The largest absolute Gasteiger partial charge is 0.412 e. The number of amides is 1. The van der Waals surface area contributed by atoms with Crippen LogP contribution in [0.25, 0.3) is 0 Å². The maximum atomic E-state index is 12.4. The maximum absolute atomic E-state index is 12.4. The Hall–Kier alpha value is -0.650. The van der Waals surface area contributed by atoms with E-state index in [1.807, 2.05) is 0 Å². The average molecular weight is 279 g/mol. The van der Waals surface area contributed by atoms with Gasteiger partial charge in [-0.2, -0.15) is 25.8 Å². The highest BCUT2D eigenvalue weighted by Crippen LogP contribution is 2.50. The van der Waals surface area contributed by atoms with Crippen molar-refractivity contribution in [2.24, 2.45) is 5.41 Å². The summed E-state index contributed by atoms with van der Waals surface area (Å²) in [6, 6.07) is 0. The minimum absolute atomic E-state index is 0.0220. The van der Waals surface area contributed by atoms with Crippen molar-refractivity contribution in [2.75, 3.05) is 18.8 Å². The first-order valence-electron chi connectivity index (χ1n) is 6.01. The quantitative estimate of drug-likeness (QED) is 0.622. The van der Waals surface area contributed by atoms with Crippen LogP contribution in [0.15, 0.2) is 11.6 Å². The van der Waals surface area contributed by atoms with Crippen molar-refractivity contribution in [2.45, 2.75) is 31.9 Å². The predicted octanol–water partition coefficient (Wildman–Crippen LogP) is 2.81. The topological polar surface area (TPSA) is 20.3 Å². The first kappa shape index (κ1) is 13.8. The van der Waals surface area contributed by atoms with Gasteiger partial charge in [0.15, 0.2) is 0 Å². The molecule has 0 aromatic carbocycles. The molecule has 18 heavy (non-hydrogen) atoms. The third kappa shape index (κ3) is 3.02. The Kier molecular flexibility index (Phi) is 3.67. The lowest BCUT2D eigenvalue weighted by Gasteiger charge is -2.28. The molecule has 0 unspecified atom stereocenters. The monoisotopic (exact) mass is 279 g/mol. The van der Waals surface area contributed by atoms with Crippen molar-refractivity contribution in [1.29, 1.82) is 0 Å². The fourth-order valence-corrected chi connectivity index (χ4v) is 2.58. The van der Waals surface area contributed by atoms with E-state index in [1.165, 1.54) is 4.90 Å². The summed E-state index contributed by atoms with van der Waals surface area (Å²) in [5, 5.41) is 0. The normalized spacial score (nSPS) is 22.7. The summed E-state index contributed by atoms with van der Waals surface area (Å²) in [4.78, 5) is 13.5. The fourth-order valence-electron chi connectivity index (χ4n) is 2.15. The molecular weight excluding hydrogens is 263 g/mol. The van der Waals surface area contributed by atoms with E-state index in [2.05, 4.69) is 12.6 Å². The van der Waals surface area contributed by atoms with Gasteiger partial charge < -0.3 is 4.90 Å². The Bertz CT molecular complexity index is 374. The van der Waals surface area contributed by atoms with Crippen LogP contribution >= 0.6 is 12.6 Å². The molecule has 1 fully saturated rings. The van der Waals surface area contributed by atoms with Gasteiger partial charge in [0.25, 0.3) is 0 Å². The van der Waals surface area contributed by atoms with Crippen LogP contribution in [0.5, 0.6) is 0 Å². The molecule has 2 rings (SSSR count). The summed E-state index contributed by atoms with van der Waals surface area (Å²) in [6.45, 7) is 0.253. The van der Waals surface area contributed by atoms with Gasteiger partial charge in [-0.15, -0.1) is 0 Å². The third-order valence-corrected chi connectivity index (χ3v) is 4.42. The molecule has 0 spiro atoms. The van der Waals surface area contributed by atoms with Crippen molar-refractivity contribution in [3.63, 3.8) is 0 Å². The molecule has 6 heteroatoms. The predicted molar refractivity (Wildman–Crippen MR) is 65.5 cm³/mol. The number of halogens is 3. The molecular formula is C12H16F3NOS. The number of carbonyl (C=O) groups excluding carboxylic acids is 1. The van der Waals surface area contributed by atoms with Gasteiger partial charge in [-0.25, -0.2) is 0 Å². The summed E-state index contributed by atoms with van der Waals surface area (Å²) in [5.41, 5.74) is -0.490. The first-order chi connectivity index (χ1) is 8.36. The number of thiol groups is 1. The summed E-state index contributed by atoms with van der Waals surface area (Å²) in [5.74, 6) is 0.634. The van der Waals surface area contributed by atoms with E-state index < -0.39 is 11.7 Å². The smallest absolute Gasteiger partial charge is 0.339 e. The molecule has 1 aliphatic heterocycles. The van der Waals surface area contributed by atoms with Crippen molar-refractivity contribution in [3.05, 3.63) is 11.6 Å². The van der Waals surface area contributed by atoms with Crippen molar-refractivity contribution in [1.82, 2.24) is 4.90 Å². The highest BCUT2D eigenvalue weighted by molar-refractivity contribution is 7.80. The molecule has 1 saturated carbocycles. The van der Waals surface area contributed by atoms with Crippen molar-refractivity contribution >= 4 is 18.5 Å². The molecule has 2 aliphatic rings. The standard InChI is InChI=1S/C12H16F3NOS/c13-12(14,15)9-1-5-16(6-2-9)10(17)7-11(8-18)3-4-11/h1,18H,2-8H2. The SMILES string of the molecule is O=C(CC1(CS)CC1)N1CC=C(C(F)(F)F)CC1. The lowest BCUT2D eigenvalue weighted by atomic mass is 10.0. The zero-order valence-electron chi connectivity index (χ0n) is 9.96. The van der Waals surface area contributed by atoms with Crippen LogP contribution in [0.2, 0.25) is 0 Å². The van der Waals surface area contributed by atoms with Crippen LogP contribution in [0, 0.1) is 5.41 Å². The minimum atomic E-state index is -4.25. The summed E-state index contributed by atoms with van der Waals surface area (Å²) < 4.78 is 37.3. The van der Waals surface area contributed by atoms with E-state index in [0.717, 1.165) is 18.9 Å². The molecule has 0 aromatic rings. The highest BCUT2D eigenvalue weighted by atomic mass is 32.1. The van der Waals surface area contributed by atoms with Gasteiger partial charge in [-0.1, -0.05) is 6.08 Å². The van der Waals surface area contributed by atoms with E-state index >= 15 is 0 Å². The van der Waals surface area contributed by atoms with Crippen LogP contribution in [0.3, 0.4) is 0 Å². The summed E-state index contributed by atoms with van der Waals surface area (Å²) in [7, 11) is 0. The molecule has 0 atom stereocenters. The number of alkyl halides is 3. The number of hydrogen-bond donors (Lipinski definition) is 1. The molecule has 102 valence electrons. The van der Waals surface area contributed by atoms with Gasteiger partial charge in [-0.05, 0) is 30.4 Å². The molecule has 2 nitrogen and oxygen atoms in total. The van der Waals surface area contributed by atoms with Crippen LogP contribution in [-0.4, -0.2) is 35.8 Å². The number of carbonyl (C=O) groups is 1. The zero-order valence-corrected chi connectivity index (χ0v) is 10.9. The van der Waals surface area contributed by atoms with E-state index in [1.54, 1.807) is 0 Å². The second kappa shape index (κ2) is 4.79. The second-order valence-electron chi connectivity index (χ2n) is 5.15. The Morgan fingerprint density at radius 3 is 2.50 bits per heavy atom. The van der Waals surface area contributed by atoms with Crippen LogP contribution in [0.4, 0.5) is 13.2 Å². The lowest BCUT2D eigenvalue weighted by molar-refractivity contribution is -0.133. The van der Waals surface area contributed by atoms with Gasteiger partial charge in [0.05, 0.1) is 0 Å². The van der Waals surface area contributed by atoms with Crippen molar-refractivity contribution in [3.8, 4) is 0 Å². The summed E-state index contributed by atoms with van der Waals surface area (Å²) >= 11 is 4.22. The molecule has 1 aliphatic carbocycles. The Balaban J connectivity index is 1.90. The van der Waals surface area contributed by atoms with Crippen LogP contribution < -0.4 is 0 Å². The maximum Gasteiger partial charge on any atom is 0.412 e. The van der Waals surface area contributed by atoms with E-state index in [4.69, 9.17) is 0 Å². The van der Waals surface area contributed by atoms with Gasteiger partial charge in [0.2, 0.25) is 5.91 Å². The Morgan fingerprint density at radius 1 is 1.44 bits per heavy atom. The molecule has 0 aromatic heterocycles. The van der Waals surface area contributed by atoms with Gasteiger partial charge in [-0.3, -0.25) is 4.79 Å². The van der Waals surface area contributed by atoms with Gasteiger partial charge >= 0.3 is 6.18 Å². The molecule has 1 heterocycles. The second-order valence-corrected chi connectivity index (χ2v) is 5.47. The first-order valence-corrected chi connectivity index (χ1v) is 6.64. The lowest BCUT2D eigenvalue weighted by Crippen LogP contribution is -2.38. The molecule has 0 bridgehead atoms. The number of nitrogens with zero attached hydrogens (tertiary/aromatic N) is 1. The van der Waals surface area contributed by atoms with E-state index in [9.17, 15) is 18.0 Å². The Labute approximate surface area is 110 Å². The third-order valence-electron chi connectivity index (χ3n) is 3.74. The fraction of sp³-hybridized carbons (Fsp3) is 0.750. The Morgan fingerprint density at radius 2 is 2.11 bits per heavy atom. The number of rotatable bonds is 3. The van der Waals surface area contributed by atoms with Crippen molar-refractivity contribution < 1.29 is 18.0 Å². The number of hydrogen-bond acceptors (Lipinski definition) is 2. The minimum Gasteiger partial charge on any atom is -0.339 e. The highest BCUT2D eigenvalue weighted by Gasteiger charge is 2.44. The molecule has 1 amide bonds. The molecule has 0 radical (unpaired) electrons. The van der Waals surface area contributed by atoms with Gasteiger partial charge in [0.1, 0.15) is 0 Å². The van der Waals surface area contributed by atoms with Crippen LogP contribution in [-0.2, 0) is 4.79 Å². The summed E-state index contributed by atoms with van der Waals surface area (Å²) in [6.07, 6.45) is -0.798.